The molecule has 5 nitrogen and oxygen atoms in total. The SMILES string of the molecule is Cc1ccc(N2C(=O)C(=O)/C(=C(/O)c3cccc(Cl)c3)C2c2ccncc2)c(C)c1. The van der Waals surface area contributed by atoms with E-state index >= 15 is 0 Å². The molecule has 0 spiro atoms. The third-order valence-corrected chi connectivity index (χ3v) is 5.41. The minimum atomic E-state index is -0.784. The number of aromatic nitrogens is 1. The predicted octanol–water partition coefficient (Wildman–Crippen LogP) is 4.98. The number of amides is 1. The topological polar surface area (TPSA) is 70.5 Å². The minimum absolute atomic E-state index is 0.0217. The smallest absolute Gasteiger partial charge is 0.300 e. The van der Waals surface area contributed by atoms with Crippen LogP contribution in [0, 0.1) is 13.8 Å². The Morgan fingerprint density at radius 2 is 1.77 bits per heavy atom. The Morgan fingerprint density at radius 3 is 2.43 bits per heavy atom. The summed E-state index contributed by atoms with van der Waals surface area (Å²) in [5.74, 6) is -1.69. The highest BCUT2D eigenvalue weighted by Crippen LogP contribution is 2.43. The number of benzene rings is 2. The van der Waals surface area contributed by atoms with Crippen LogP contribution in [0.1, 0.15) is 28.3 Å². The Kier molecular flexibility index (Phi) is 5.14. The summed E-state index contributed by atoms with van der Waals surface area (Å²) in [5, 5.41) is 11.5. The number of carbonyl (C=O) groups excluding carboxylic acids is 2. The Hall–Kier alpha value is -3.44. The summed E-state index contributed by atoms with van der Waals surface area (Å²) in [6, 6.07) is 14.9. The van der Waals surface area contributed by atoms with Gasteiger partial charge in [-0.3, -0.25) is 19.5 Å². The van der Waals surface area contributed by atoms with Crippen molar-refractivity contribution in [1.29, 1.82) is 0 Å². The van der Waals surface area contributed by atoms with E-state index in [0.717, 1.165) is 11.1 Å². The number of pyridine rings is 1. The molecule has 4 rings (SSSR count). The van der Waals surface area contributed by atoms with Crippen molar-refractivity contribution >= 4 is 34.7 Å². The molecule has 150 valence electrons. The second kappa shape index (κ2) is 7.76. The van der Waals surface area contributed by atoms with Gasteiger partial charge in [-0.1, -0.05) is 41.4 Å². The Morgan fingerprint density at radius 1 is 1.03 bits per heavy atom. The molecule has 3 aromatic rings. The third-order valence-electron chi connectivity index (χ3n) is 5.18. The van der Waals surface area contributed by atoms with E-state index in [1.165, 1.54) is 4.90 Å². The highest BCUT2D eigenvalue weighted by molar-refractivity contribution is 6.51. The van der Waals surface area contributed by atoms with Crippen LogP contribution in [-0.4, -0.2) is 21.8 Å². The first-order valence-corrected chi connectivity index (χ1v) is 9.80. The van der Waals surface area contributed by atoms with Gasteiger partial charge >= 0.3 is 0 Å². The first-order chi connectivity index (χ1) is 14.4. The number of hydrogen-bond donors (Lipinski definition) is 1. The highest BCUT2D eigenvalue weighted by atomic mass is 35.5. The van der Waals surface area contributed by atoms with Gasteiger partial charge in [0, 0.05) is 28.7 Å². The zero-order valence-electron chi connectivity index (χ0n) is 16.5. The summed E-state index contributed by atoms with van der Waals surface area (Å²) in [4.78, 5) is 31.7. The average molecular weight is 419 g/mol. The van der Waals surface area contributed by atoms with Gasteiger partial charge in [0.25, 0.3) is 11.7 Å². The zero-order valence-corrected chi connectivity index (χ0v) is 17.2. The average Bonchev–Trinajstić information content (AvgIpc) is 2.99. The normalized spacial score (nSPS) is 18.1. The molecule has 1 aromatic heterocycles. The lowest BCUT2D eigenvalue weighted by Crippen LogP contribution is -2.30. The van der Waals surface area contributed by atoms with Gasteiger partial charge in [0.15, 0.2) is 0 Å². The number of Topliss-reactive ketones (excluding diaryl/α,β-unsaturated/α-hetero) is 1. The van der Waals surface area contributed by atoms with Gasteiger partial charge < -0.3 is 5.11 Å². The molecule has 1 saturated heterocycles. The number of anilines is 1. The summed E-state index contributed by atoms with van der Waals surface area (Å²) in [6.45, 7) is 3.85. The molecule has 30 heavy (non-hydrogen) atoms. The molecule has 2 aromatic carbocycles. The Balaban J connectivity index is 1.97. The Bertz CT molecular complexity index is 1190. The van der Waals surface area contributed by atoms with Crippen LogP contribution in [-0.2, 0) is 9.59 Å². The molecule has 1 fully saturated rings. The fraction of sp³-hybridized carbons (Fsp3) is 0.125. The number of rotatable bonds is 3. The third kappa shape index (κ3) is 3.37. The van der Waals surface area contributed by atoms with Gasteiger partial charge in [0.2, 0.25) is 0 Å². The maximum absolute atomic E-state index is 13.1. The standard InChI is InChI=1S/C24H19ClN2O3/c1-14-6-7-19(15(2)12-14)27-21(16-8-10-26-11-9-16)20(23(29)24(27)30)22(28)17-4-3-5-18(25)13-17/h3-13,21,28H,1-2H3/b22-20+. The molecule has 0 bridgehead atoms. The molecule has 1 aliphatic heterocycles. The van der Waals surface area contributed by atoms with Gasteiger partial charge in [-0.25, -0.2) is 0 Å². The van der Waals surface area contributed by atoms with Crippen LogP contribution in [0.4, 0.5) is 5.69 Å². The number of hydrogen-bond acceptors (Lipinski definition) is 4. The molecule has 1 atom stereocenters. The van der Waals surface area contributed by atoms with Gasteiger partial charge in [0.1, 0.15) is 5.76 Å². The number of aliphatic hydroxyl groups excluding tert-OH is 1. The van der Waals surface area contributed by atoms with Crippen LogP contribution in [0.2, 0.25) is 5.02 Å². The molecule has 1 N–H and O–H groups in total. The molecule has 1 amide bonds. The maximum Gasteiger partial charge on any atom is 0.300 e. The van der Waals surface area contributed by atoms with Crippen molar-refractivity contribution < 1.29 is 14.7 Å². The fourth-order valence-electron chi connectivity index (χ4n) is 3.81. The van der Waals surface area contributed by atoms with E-state index in [-0.39, 0.29) is 11.3 Å². The van der Waals surface area contributed by atoms with E-state index in [1.54, 1.807) is 48.8 Å². The van der Waals surface area contributed by atoms with E-state index in [4.69, 9.17) is 11.6 Å². The quantitative estimate of drug-likeness (QED) is 0.370. The van der Waals surface area contributed by atoms with Crippen molar-refractivity contribution in [1.82, 2.24) is 4.98 Å². The summed E-state index contributed by atoms with van der Waals surface area (Å²) in [7, 11) is 0. The number of carbonyl (C=O) groups is 2. The summed E-state index contributed by atoms with van der Waals surface area (Å²) >= 11 is 6.07. The van der Waals surface area contributed by atoms with Crippen molar-refractivity contribution in [3.8, 4) is 0 Å². The lowest BCUT2D eigenvalue weighted by molar-refractivity contribution is -0.132. The molecular formula is C24H19ClN2O3. The first kappa shape index (κ1) is 19.9. The lowest BCUT2D eigenvalue weighted by atomic mass is 9.95. The van der Waals surface area contributed by atoms with Crippen LogP contribution in [0.3, 0.4) is 0 Å². The van der Waals surface area contributed by atoms with Crippen molar-refractivity contribution in [2.45, 2.75) is 19.9 Å². The zero-order chi connectivity index (χ0) is 21.4. The number of nitrogens with zero attached hydrogens (tertiary/aromatic N) is 2. The van der Waals surface area contributed by atoms with Gasteiger partial charge in [-0.15, -0.1) is 0 Å². The summed E-state index contributed by atoms with van der Waals surface area (Å²) < 4.78 is 0. The van der Waals surface area contributed by atoms with E-state index < -0.39 is 17.7 Å². The molecular weight excluding hydrogens is 400 g/mol. The molecule has 0 radical (unpaired) electrons. The molecule has 1 aliphatic rings. The minimum Gasteiger partial charge on any atom is -0.507 e. The molecule has 2 heterocycles. The van der Waals surface area contributed by atoms with Crippen LogP contribution >= 0.6 is 11.6 Å². The predicted molar refractivity (Wildman–Crippen MR) is 116 cm³/mol. The van der Waals surface area contributed by atoms with Crippen molar-refractivity contribution in [2.24, 2.45) is 0 Å². The molecule has 6 heteroatoms. The van der Waals surface area contributed by atoms with Gasteiger partial charge in [-0.2, -0.15) is 0 Å². The maximum atomic E-state index is 13.1. The van der Waals surface area contributed by atoms with Crippen molar-refractivity contribution in [2.75, 3.05) is 4.90 Å². The van der Waals surface area contributed by atoms with E-state index in [9.17, 15) is 14.7 Å². The second-order valence-corrected chi connectivity index (χ2v) is 7.69. The van der Waals surface area contributed by atoms with E-state index in [1.807, 2.05) is 32.0 Å². The van der Waals surface area contributed by atoms with E-state index in [2.05, 4.69) is 4.98 Å². The second-order valence-electron chi connectivity index (χ2n) is 7.25. The monoisotopic (exact) mass is 418 g/mol. The van der Waals surface area contributed by atoms with Crippen molar-refractivity contribution in [3.05, 3.63) is 99.8 Å². The molecule has 0 aliphatic carbocycles. The van der Waals surface area contributed by atoms with Crippen LogP contribution in [0.5, 0.6) is 0 Å². The number of halogens is 1. The highest BCUT2D eigenvalue weighted by Gasteiger charge is 2.47. The fourth-order valence-corrected chi connectivity index (χ4v) is 4.00. The molecule has 1 unspecified atom stereocenters. The Labute approximate surface area is 179 Å². The van der Waals surface area contributed by atoms with Crippen LogP contribution in [0.15, 0.2) is 72.6 Å². The van der Waals surface area contributed by atoms with E-state index in [0.29, 0.717) is 21.8 Å². The number of ketones is 1. The van der Waals surface area contributed by atoms with Crippen LogP contribution < -0.4 is 4.90 Å². The lowest BCUT2D eigenvalue weighted by Gasteiger charge is -2.27. The molecule has 0 saturated carbocycles. The van der Waals surface area contributed by atoms with Gasteiger partial charge in [0.05, 0.1) is 11.6 Å². The largest absolute Gasteiger partial charge is 0.507 e. The van der Waals surface area contributed by atoms with Gasteiger partial charge in [-0.05, 0) is 55.3 Å². The number of aryl methyl sites for hydroxylation is 2. The number of aliphatic hydroxyl groups is 1. The summed E-state index contributed by atoms with van der Waals surface area (Å²) in [6.07, 6.45) is 3.19. The van der Waals surface area contributed by atoms with Crippen molar-refractivity contribution in [3.63, 3.8) is 0 Å². The van der Waals surface area contributed by atoms with Crippen LogP contribution in [0.25, 0.3) is 5.76 Å². The first-order valence-electron chi connectivity index (χ1n) is 9.42. The summed E-state index contributed by atoms with van der Waals surface area (Å²) in [5.41, 5.74) is 3.60.